The summed E-state index contributed by atoms with van der Waals surface area (Å²) in [6.45, 7) is -0.141. The van der Waals surface area contributed by atoms with Crippen LogP contribution in [0, 0.1) is 0 Å². The van der Waals surface area contributed by atoms with E-state index in [2.05, 4.69) is 5.10 Å². The lowest BCUT2D eigenvalue weighted by atomic mass is 10.2. The summed E-state index contributed by atoms with van der Waals surface area (Å²) in [4.78, 5) is 11.4. The minimum atomic E-state index is -3.53. The fourth-order valence-electron chi connectivity index (χ4n) is 1.53. The molecule has 0 radical (unpaired) electrons. The molecule has 19 heavy (non-hydrogen) atoms. The molecule has 0 atom stereocenters. The summed E-state index contributed by atoms with van der Waals surface area (Å²) in [7, 11) is -3.53. The number of fused-ring (bicyclic) bond motifs is 1. The van der Waals surface area contributed by atoms with Gasteiger partial charge in [0.05, 0.1) is 6.26 Å². The average molecular weight is 346 g/mol. The van der Waals surface area contributed by atoms with Crippen molar-refractivity contribution in [3.63, 3.8) is 0 Å². The second-order valence-electron chi connectivity index (χ2n) is 3.87. The Morgan fingerprint density at radius 2 is 2.00 bits per heavy atom. The molecule has 0 unspecified atom stereocenters. The third-order valence-electron chi connectivity index (χ3n) is 2.20. The number of hydrogen-bond acceptors (Lipinski definition) is 4. The van der Waals surface area contributed by atoms with Gasteiger partial charge >= 0.3 is 5.91 Å². The molecule has 0 aliphatic carbocycles. The lowest BCUT2D eigenvalue weighted by Crippen LogP contribution is -3.00. The highest BCUT2D eigenvalue weighted by Gasteiger charge is 2.15. The van der Waals surface area contributed by atoms with Gasteiger partial charge in [0, 0.05) is 16.6 Å². The van der Waals surface area contributed by atoms with Crippen LogP contribution in [0.25, 0.3) is 10.9 Å². The summed E-state index contributed by atoms with van der Waals surface area (Å²) in [5.74, 6) is -0.620. The molecule has 8 heteroatoms. The Morgan fingerprint density at radius 3 is 2.68 bits per heavy atom. The van der Waals surface area contributed by atoms with Crippen molar-refractivity contribution in [2.24, 2.45) is 0 Å². The molecule has 0 bridgehead atoms. The van der Waals surface area contributed by atoms with Gasteiger partial charge in [-0.1, -0.05) is 22.9 Å². The summed E-state index contributed by atoms with van der Waals surface area (Å²) < 4.78 is 25.0. The first-order chi connectivity index (χ1) is 8.44. The van der Waals surface area contributed by atoms with Gasteiger partial charge in [-0.05, 0) is 6.07 Å². The Labute approximate surface area is 121 Å². The molecule has 0 saturated heterocycles. The van der Waals surface area contributed by atoms with Gasteiger partial charge in [0.15, 0.2) is 6.20 Å². The summed E-state index contributed by atoms with van der Waals surface area (Å²) >= 11 is 0. The number of rotatable bonds is 3. The maximum atomic E-state index is 11.4. The molecule has 0 aliphatic rings. The number of hydrogen-bond donors (Lipinski definition) is 1. The fraction of sp³-hybridized carbons (Fsp3) is 0.182. The van der Waals surface area contributed by atoms with Crippen molar-refractivity contribution in [3.05, 3.63) is 36.5 Å². The molecule has 2 aromatic rings. The largest absolute Gasteiger partial charge is 1.00 e. The highest BCUT2D eigenvalue weighted by molar-refractivity contribution is 7.89. The smallest absolute Gasteiger partial charge is 0.301 e. The predicted octanol–water partition coefficient (Wildman–Crippen LogP) is -3.40. The Bertz CT molecular complexity index is 703. The zero-order valence-corrected chi connectivity index (χ0v) is 12.5. The first-order valence-corrected chi connectivity index (χ1v) is 7.09. The maximum Gasteiger partial charge on any atom is 0.301 e. The molecule has 1 heterocycles. The van der Waals surface area contributed by atoms with Crippen LogP contribution in [-0.2, 0) is 21.4 Å². The normalized spacial score (nSPS) is 10.8. The zero-order valence-electron chi connectivity index (χ0n) is 10.1. The Kier molecular flexibility index (Phi) is 4.96. The lowest BCUT2D eigenvalue weighted by molar-refractivity contribution is -0.740. The van der Waals surface area contributed by atoms with Gasteiger partial charge in [-0.3, -0.25) is 4.79 Å². The first kappa shape index (κ1) is 15.5. The van der Waals surface area contributed by atoms with Gasteiger partial charge in [-0.15, -0.1) is 0 Å². The van der Waals surface area contributed by atoms with E-state index >= 15 is 0 Å². The van der Waals surface area contributed by atoms with Gasteiger partial charge < -0.3 is 17.0 Å². The van der Waals surface area contributed by atoms with Crippen molar-refractivity contribution in [2.45, 2.75) is 6.54 Å². The molecule has 1 aromatic carbocycles. The van der Waals surface area contributed by atoms with E-state index in [9.17, 15) is 13.2 Å². The molecule has 1 N–H and O–H groups in total. The number of nitrogens with one attached hydrogen (secondary N) is 1. The van der Waals surface area contributed by atoms with Gasteiger partial charge in [0.25, 0.3) is 6.54 Å². The van der Waals surface area contributed by atoms with Crippen LogP contribution in [0.3, 0.4) is 0 Å². The molecule has 2 rings (SSSR count). The molecule has 1 aromatic heterocycles. The number of halogens is 1. The minimum Gasteiger partial charge on any atom is -1.00 e. The van der Waals surface area contributed by atoms with Gasteiger partial charge in [-0.2, -0.15) is 0 Å². The quantitative estimate of drug-likeness (QED) is 0.588. The van der Waals surface area contributed by atoms with Crippen LogP contribution in [0.1, 0.15) is 0 Å². The average Bonchev–Trinajstić information content (AvgIpc) is 2.26. The number of sulfonamides is 1. The molecule has 1 amide bonds. The molecule has 0 saturated carbocycles. The monoisotopic (exact) mass is 345 g/mol. The van der Waals surface area contributed by atoms with E-state index in [1.807, 2.05) is 35.1 Å². The van der Waals surface area contributed by atoms with Crippen LogP contribution >= 0.6 is 0 Å². The topological polar surface area (TPSA) is 80.0 Å². The Hall–Kier alpha value is -1.54. The van der Waals surface area contributed by atoms with Gasteiger partial charge in [0.2, 0.25) is 10.0 Å². The van der Waals surface area contributed by atoms with Crippen LogP contribution in [0.4, 0.5) is 0 Å². The third-order valence-corrected chi connectivity index (χ3v) is 2.80. The maximum absolute atomic E-state index is 11.4. The van der Waals surface area contributed by atoms with Crippen LogP contribution in [0.5, 0.6) is 0 Å². The highest BCUT2D eigenvalue weighted by Crippen LogP contribution is 2.06. The summed E-state index contributed by atoms with van der Waals surface area (Å²) in [6, 6.07) is 9.28. The molecular weight excluding hydrogens is 334 g/mol. The van der Waals surface area contributed by atoms with Crippen molar-refractivity contribution >= 4 is 26.8 Å². The molecule has 102 valence electrons. The Morgan fingerprint density at radius 1 is 1.32 bits per heavy atom. The molecule has 6 nitrogen and oxygen atoms in total. The first-order valence-electron chi connectivity index (χ1n) is 5.20. The molecular formula is C11H12BrN3O3S. The third kappa shape index (κ3) is 4.56. The lowest BCUT2D eigenvalue weighted by Gasteiger charge is -1.99. The number of amides is 1. The number of carbonyl (C=O) groups is 1. The van der Waals surface area contributed by atoms with Crippen molar-refractivity contribution < 1.29 is 34.9 Å². The number of aromatic nitrogens is 2. The van der Waals surface area contributed by atoms with E-state index in [1.54, 1.807) is 6.20 Å². The van der Waals surface area contributed by atoms with Crippen LogP contribution in [0.15, 0.2) is 36.5 Å². The molecule has 0 spiro atoms. The van der Waals surface area contributed by atoms with Crippen LogP contribution in [-0.4, -0.2) is 25.7 Å². The van der Waals surface area contributed by atoms with Crippen molar-refractivity contribution in [3.8, 4) is 0 Å². The summed E-state index contributed by atoms with van der Waals surface area (Å²) in [6.07, 6.45) is 2.56. The number of benzene rings is 1. The summed E-state index contributed by atoms with van der Waals surface area (Å²) in [5.41, 5.74) is 0.743. The van der Waals surface area contributed by atoms with E-state index in [1.165, 1.54) is 4.68 Å². The van der Waals surface area contributed by atoms with Crippen molar-refractivity contribution in [1.29, 1.82) is 0 Å². The minimum absolute atomic E-state index is 0. The standard InChI is InChI=1S/C11H11N3O3S.BrH/c1-18(16,17)13-11(15)8-14-7-6-9-4-2-3-5-10(9)12-14;/h2-7H,8H2,1H3;1H. The van der Waals surface area contributed by atoms with Gasteiger partial charge in [0.1, 0.15) is 5.52 Å². The number of nitrogens with zero attached hydrogens (tertiary/aromatic N) is 2. The highest BCUT2D eigenvalue weighted by atomic mass is 79.9. The fourth-order valence-corrected chi connectivity index (χ4v) is 2.01. The van der Waals surface area contributed by atoms with E-state index in [4.69, 9.17) is 0 Å². The van der Waals surface area contributed by atoms with Crippen LogP contribution in [0.2, 0.25) is 0 Å². The van der Waals surface area contributed by atoms with Crippen molar-refractivity contribution in [2.75, 3.05) is 6.26 Å². The second-order valence-corrected chi connectivity index (χ2v) is 5.62. The molecule has 0 aliphatic heterocycles. The summed E-state index contributed by atoms with van der Waals surface area (Å²) in [5, 5.41) is 5.16. The second kappa shape index (κ2) is 6.07. The Balaban J connectivity index is 0.00000180. The zero-order chi connectivity index (χ0) is 13.2. The predicted molar refractivity (Wildman–Crippen MR) is 64.9 cm³/mol. The molecule has 0 fully saturated rings. The SMILES string of the molecule is CS(=O)(=O)NC(=O)C[n+]1ccc2ccccc2n1.[Br-]. The van der Waals surface area contributed by atoms with Gasteiger partial charge in [-0.25, -0.2) is 13.1 Å². The van der Waals surface area contributed by atoms with E-state index in [0.29, 0.717) is 0 Å². The van der Waals surface area contributed by atoms with Crippen LogP contribution < -0.4 is 26.4 Å². The van der Waals surface area contributed by atoms with E-state index in [0.717, 1.165) is 17.2 Å². The number of carbonyl (C=O) groups excluding carboxylic acids is 1. The van der Waals surface area contributed by atoms with Crippen molar-refractivity contribution in [1.82, 2.24) is 9.82 Å². The van der Waals surface area contributed by atoms with E-state index in [-0.39, 0.29) is 23.5 Å². The van der Waals surface area contributed by atoms with E-state index < -0.39 is 15.9 Å².